The number of allylic oxidation sites excluding steroid dienone is 2. The molecule has 3 atom stereocenters. The smallest absolute Gasteiger partial charge is 0.312 e. The quantitative estimate of drug-likeness (QED) is 0.0784. The van der Waals surface area contributed by atoms with Crippen molar-refractivity contribution in [3.8, 4) is 0 Å². The van der Waals surface area contributed by atoms with Gasteiger partial charge in [-0.1, -0.05) is 78.4 Å². The van der Waals surface area contributed by atoms with Crippen LogP contribution in [0, 0.1) is 17.8 Å². The van der Waals surface area contributed by atoms with Gasteiger partial charge in [0.2, 0.25) is 0 Å². The Balaban J connectivity index is 5.06. The van der Waals surface area contributed by atoms with Crippen LogP contribution in [0.5, 0.6) is 0 Å². The third-order valence-electron chi connectivity index (χ3n) is 7.98. The van der Waals surface area contributed by atoms with E-state index in [1.54, 1.807) is 6.92 Å². The van der Waals surface area contributed by atoms with E-state index in [1.165, 1.54) is 44.9 Å². The number of carboxylic acid groups (broad SMARTS) is 3. The highest BCUT2D eigenvalue weighted by Crippen LogP contribution is 2.25. The minimum absolute atomic E-state index is 0.215. The predicted octanol–water partition coefficient (Wildman–Crippen LogP) is 6.06. The lowest BCUT2D eigenvalue weighted by Crippen LogP contribution is -2.59. The maximum atomic E-state index is 11.9. The first-order chi connectivity index (χ1) is 18.2. The monoisotopic (exact) mass is 539 g/mol. The Morgan fingerprint density at radius 2 is 1.03 bits per heavy atom. The number of rotatable bonds is 26. The second-order valence-corrected chi connectivity index (χ2v) is 11.2. The van der Waals surface area contributed by atoms with Crippen LogP contribution in [0.15, 0.2) is 12.2 Å². The fourth-order valence-electron chi connectivity index (χ4n) is 5.38. The lowest BCUT2D eigenvalue weighted by Gasteiger charge is -2.44. The molecule has 0 aliphatic heterocycles. The van der Waals surface area contributed by atoms with E-state index in [4.69, 9.17) is 0 Å². The van der Waals surface area contributed by atoms with Crippen molar-refractivity contribution < 1.29 is 34.2 Å². The van der Waals surface area contributed by atoms with Gasteiger partial charge in [-0.25, -0.2) is 0 Å². The Hall–Kier alpha value is -1.89. The van der Waals surface area contributed by atoms with Gasteiger partial charge in [-0.3, -0.25) is 9.59 Å². The van der Waals surface area contributed by atoms with Crippen molar-refractivity contribution in [1.82, 2.24) is 0 Å². The molecule has 0 saturated heterocycles. The number of hydrogen-bond donors (Lipinski definition) is 2. The van der Waals surface area contributed by atoms with Gasteiger partial charge >= 0.3 is 11.9 Å². The summed E-state index contributed by atoms with van der Waals surface area (Å²) in [6.45, 7) is 8.98. The van der Waals surface area contributed by atoms with Crippen molar-refractivity contribution in [3.05, 3.63) is 12.2 Å². The largest absolute Gasteiger partial charge is 0.550 e. The summed E-state index contributed by atoms with van der Waals surface area (Å²) in [4.78, 5) is 35.7. The number of carboxylic acids is 3. The van der Waals surface area contributed by atoms with Gasteiger partial charge in [-0.15, -0.1) is 0 Å². The van der Waals surface area contributed by atoms with E-state index < -0.39 is 35.7 Å². The molecule has 0 amide bonds. The van der Waals surface area contributed by atoms with E-state index in [-0.39, 0.29) is 24.1 Å². The molecule has 222 valence electrons. The van der Waals surface area contributed by atoms with E-state index in [9.17, 15) is 29.7 Å². The summed E-state index contributed by atoms with van der Waals surface area (Å²) in [5, 5.41) is 31.4. The SMILES string of the molecule is CCCCC/C=C/CCCCCCCCC[N+](CC(CC)C(=O)[O-])(CC(CC)C(=O)O)CC(CC)C(=O)O. The molecule has 3 unspecified atom stereocenters. The first kappa shape index (κ1) is 36.1. The zero-order chi connectivity index (χ0) is 28.8. The summed E-state index contributed by atoms with van der Waals surface area (Å²) in [7, 11) is 0. The van der Waals surface area contributed by atoms with Gasteiger partial charge in [0.15, 0.2) is 0 Å². The number of aliphatic carboxylic acids is 3. The molecule has 0 rings (SSSR count). The van der Waals surface area contributed by atoms with Crippen LogP contribution in [0.2, 0.25) is 0 Å². The van der Waals surface area contributed by atoms with Gasteiger partial charge in [0.1, 0.15) is 11.8 Å². The van der Waals surface area contributed by atoms with Gasteiger partial charge in [-0.05, 0) is 57.8 Å². The zero-order valence-corrected chi connectivity index (χ0v) is 24.8. The lowest BCUT2D eigenvalue weighted by molar-refractivity contribution is -0.935. The predicted molar refractivity (Wildman–Crippen MR) is 152 cm³/mol. The van der Waals surface area contributed by atoms with Crippen LogP contribution in [0.25, 0.3) is 0 Å². The molecule has 38 heavy (non-hydrogen) atoms. The Morgan fingerprint density at radius 3 is 1.42 bits per heavy atom. The van der Waals surface area contributed by atoms with Gasteiger partial charge in [-0.2, -0.15) is 0 Å². The molecule has 0 heterocycles. The van der Waals surface area contributed by atoms with Crippen LogP contribution in [-0.4, -0.2) is 58.8 Å². The average Bonchev–Trinajstić information content (AvgIpc) is 2.88. The van der Waals surface area contributed by atoms with Crippen molar-refractivity contribution in [1.29, 1.82) is 0 Å². The van der Waals surface area contributed by atoms with Crippen molar-refractivity contribution >= 4 is 17.9 Å². The molecule has 2 N–H and O–H groups in total. The number of unbranched alkanes of at least 4 members (excludes halogenated alkanes) is 10. The minimum atomic E-state index is -1.14. The summed E-state index contributed by atoms with van der Waals surface area (Å²) in [5.41, 5.74) is 0. The van der Waals surface area contributed by atoms with Crippen molar-refractivity contribution in [2.45, 2.75) is 124 Å². The van der Waals surface area contributed by atoms with E-state index in [0.717, 1.165) is 32.1 Å². The summed E-state index contributed by atoms with van der Waals surface area (Å²) < 4.78 is 0.215. The normalized spacial score (nSPS) is 15.7. The van der Waals surface area contributed by atoms with Crippen LogP contribution < -0.4 is 5.11 Å². The topological polar surface area (TPSA) is 115 Å². The third-order valence-corrected chi connectivity index (χ3v) is 7.98. The molecule has 7 nitrogen and oxygen atoms in total. The van der Waals surface area contributed by atoms with Crippen LogP contribution in [-0.2, 0) is 14.4 Å². The molecule has 0 aliphatic rings. The lowest BCUT2D eigenvalue weighted by atomic mass is 9.95. The minimum Gasteiger partial charge on any atom is -0.550 e. The molecular formula is C31H57NO6. The van der Waals surface area contributed by atoms with E-state index in [1.807, 2.05) is 13.8 Å². The standard InChI is InChI=1S/C31H57NO6/c1-5-9-10-11-12-13-14-15-16-17-18-19-20-21-22-32(23-26(6-2)29(33)34,24-27(7-3)30(35)36)25-28(8-4)31(37)38/h12-13,26-28H,5-11,14-25H2,1-4H3,(H2-,33,34,35,36,37,38)/b13-12+. The van der Waals surface area contributed by atoms with Crippen LogP contribution >= 0.6 is 0 Å². The highest BCUT2D eigenvalue weighted by atomic mass is 16.4. The Morgan fingerprint density at radius 1 is 0.632 bits per heavy atom. The number of hydrogen-bond acceptors (Lipinski definition) is 4. The first-order valence-electron chi connectivity index (χ1n) is 15.3. The van der Waals surface area contributed by atoms with Crippen molar-refractivity contribution in [3.63, 3.8) is 0 Å². The van der Waals surface area contributed by atoms with Crippen LogP contribution in [0.1, 0.15) is 124 Å². The van der Waals surface area contributed by atoms with E-state index in [2.05, 4.69) is 19.1 Å². The molecule has 0 radical (unpaired) electrons. The summed E-state index contributed by atoms with van der Waals surface area (Å²) >= 11 is 0. The van der Waals surface area contributed by atoms with E-state index >= 15 is 0 Å². The Labute approximate surface area is 232 Å². The highest BCUT2D eigenvalue weighted by Gasteiger charge is 2.39. The van der Waals surface area contributed by atoms with Crippen molar-refractivity contribution in [2.24, 2.45) is 17.8 Å². The fourth-order valence-corrected chi connectivity index (χ4v) is 5.38. The van der Waals surface area contributed by atoms with Crippen molar-refractivity contribution in [2.75, 3.05) is 26.2 Å². The molecule has 0 aromatic heterocycles. The van der Waals surface area contributed by atoms with Gasteiger partial charge in [0.05, 0.1) is 32.1 Å². The average molecular weight is 540 g/mol. The number of carbonyl (C=O) groups excluding carboxylic acids is 1. The number of carbonyl (C=O) groups is 3. The van der Waals surface area contributed by atoms with Crippen LogP contribution in [0.3, 0.4) is 0 Å². The molecule has 0 saturated carbocycles. The molecule has 0 fully saturated rings. The molecule has 0 aromatic rings. The molecule has 7 heteroatoms. The maximum absolute atomic E-state index is 11.9. The summed E-state index contributed by atoms with van der Waals surface area (Å²) in [6.07, 6.45) is 19.7. The van der Waals surface area contributed by atoms with Gasteiger partial charge < -0.3 is 24.6 Å². The molecule has 0 aromatic carbocycles. The van der Waals surface area contributed by atoms with Gasteiger partial charge in [0.25, 0.3) is 0 Å². The van der Waals surface area contributed by atoms with Crippen LogP contribution in [0.4, 0.5) is 0 Å². The van der Waals surface area contributed by atoms with E-state index in [0.29, 0.717) is 25.8 Å². The van der Waals surface area contributed by atoms with Gasteiger partial charge in [0, 0.05) is 5.92 Å². The highest BCUT2D eigenvalue weighted by molar-refractivity contribution is 5.70. The second kappa shape index (κ2) is 22.0. The summed E-state index contributed by atoms with van der Waals surface area (Å²) in [6, 6.07) is 0. The maximum Gasteiger partial charge on any atom is 0.312 e. The molecular weight excluding hydrogens is 482 g/mol. The first-order valence-corrected chi connectivity index (χ1v) is 15.3. The zero-order valence-electron chi connectivity index (χ0n) is 24.8. The third kappa shape index (κ3) is 16.2. The summed E-state index contributed by atoms with van der Waals surface area (Å²) in [5.74, 6) is -4.96. The number of quaternary nitrogens is 1. The molecule has 0 bridgehead atoms. The Kier molecular flexibility index (Phi) is 20.9. The Bertz CT molecular complexity index is 617. The molecule has 0 spiro atoms. The fraction of sp³-hybridized carbons (Fsp3) is 0.839. The number of nitrogens with zero attached hydrogens (tertiary/aromatic N) is 1. The second-order valence-electron chi connectivity index (χ2n) is 11.2. The molecule has 0 aliphatic carbocycles.